The van der Waals surface area contributed by atoms with Crippen molar-refractivity contribution in [3.05, 3.63) is 17.5 Å². The monoisotopic (exact) mass is 223 g/mol. The predicted molar refractivity (Wildman–Crippen MR) is 65.6 cm³/mol. The summed E-state index contributed by atoms with van der Waals surface area (Å²) in [6.07, 6.45) is 1.82. The number of aromatic nitrogens is 2. The van der Waals surface area contributed by atoms with Crippen molar-refractivity contribution in [3.8, 4) is 0 Å². The smallest absolute Gasteiger partial charge is 0.223 e. The van der Waals surface area contributed by atoms with Crippen molar-refractivity contribution in [2.45, 2.75) is 46.1 Å². The van der Waals surface area contributed by atoms with Crippen LogP contribution in [-0.2, 0) is 5.41 Å². The lowest BCUT2D eigenvalue weighted by Crippen LogP contribution is -2.23. The highest BCUT2D eigenvalue weighted by atomic mass is 16.3. The van der Waals surface area contributed by atoms with E-state index in [4.69, 9.17) is 5.11 Å². The standard InChI is InChI=1S/C12H21N3O/c1-8-6-13-11(14-9(2)7-16)15-10(8)12(3,4)5/h6,9,16H,7H2,1-5H3,(H,13,14,15). The van der Waals surface area contributed by atoms with Crippen molar-refractivity contribution in [1.29, 1.82) is 0 Å². The lowest BCUT2D eigenvalue weighted by molar-refractivity contribution is 0.281. The quantitative estimate of drug-likeness (QED) is 0.821. The van der Waals surface area contributed by atoms with Gasteiger partial charge in [-0.05, 0) is 19.4 Å². The molecule has 1 heterocycles. The van der Waals surface area contributed by atoms with Gasteiger partial charge in [0.1, 0.15) is 0 Å². The van der Waals surface area contributed by atoms with Crippen LogP contribution in [0.5, 0.6) is 0 Å². The van der Waals surface area contributed by atoms with E-state index in [9.17, 15) is 0 Å². The van der Waals surface area contributed by atoms with Gasteiger partial charge in [-0.25, -0.2) is 9.97 Å². The molecule has 16 heavy (non-hydrogen) atoms. The zero-order chi connectivity index (χ0) is 12.3. The Morgan fingerprint density at radius 3 is 2.56 bits per heavy atom. The van der Waals surface area contributed by atoms with Gasteiger partial charge in [0.05, 0.1) is 12.3 Å². The molecule has 0 bridgehead atoms. The van der Waals surface area contributed by atoms with Gasteiger partial charge < -0.3 is 10.4 Å². The van der Waals surface area contributed by atoms with Crippen LogP contribution in [0.15, 0.2) is 6.20 Å². The number of aliphatic hydroxyl groups excluding tert-OH is 1. The first-order chi connectivity index (χ1) is 7.34. The molecule has 0 saturated heterocycles. The van der Waals surface area contributed by atoms with Crippen LogP contribution < -0.4 is 5.32 Å². The number of aryl methyl sites for hydroxylation is 1. The first-order valence-electron chi connectivity index (χ1n) is 5.56. The van der Waals surface area contributed by atoms with E-state index in [1.807, 2.05) is 20.0 Å². The molecule has 4 heteroatoms. The molecule has 0 aliphatic carbocycles. The Morgan fingerprint density at radius 2 is 2.06 bits per heavy atom. The first kappa shape index (κ1) is 12.9. The average Bonchev–Trinajstić information content (AvgIpc) is 2.19. The van der Waals surface area contributed by atoms with Crippen LogP contribution in [-0.4, -0.2) is 27.7 Å². The van der Waals surface area contributed by atoms with E-state index in [1.54, 1.807) is 0 Å². The number of nitrogens with one attached hydrogen (secondary N) is 1. The van der Waals surface area contributed by atoms with E-state index in [2.05, 4.69) is 36.1 Å². The van der Waals surface area contributed by atoms with Gasteiger partial charge in [0, 0.05) is 17.7 Å². The van der Waals surface area contributed by atoms with E-state index in [0.717, 1.165) is 11.3 Å². The summed E-state index contributed by atoms with van der Waals surface area (Å²) in [5, 5.41) is 12.0. The summed E-state index contributed by atoms with van der Waals surface area (Å²) < 4.78 is 0. The molecule has 0 spiro atoms. The second-order valence-electron chi connectivity index (χ2n) is 5.20. The van der Waals surface area contributed by atoms with Crippen molar-refractivity contribution < 1.29 is 5.11 Å². The zero-order valence-corrected chi connectivity index (χ0v) is 10.7. The Labute approximate surface area is 97.1 Å². The van der Waals surface area contributed by atoms with Gasteiger partial charge in [0.25, 0.3) is 0 Å². The van der Waals surface area contributed by atoms with Crippen molar-refractivity contribution >= 4 is 5.95 Å². The summed E-state index contributed by atoms with van der Waals surface area (Å²) in [6, 6.07) is -0.0319. The van der Waals surface area contributed by atoms with Gasteiger partial charge >= 0.3 is 0 Å². The third kappa shape index (κ3) is 3.17. The van der Waals surface area contributed by atoms with Crippen LogP contribution in [0.25, 0.3) is 0 Å². The summed E-state index contributed by atoms with van der Waals surface area (Å²) in [7, 11) is 0. The molecule has 0 fully saturated rings. The maximum atomic E-state index is 8.96. The molecule has 2 N–H and O–H groups in total. The maximum Gasteiger partial charge on any atom is 0.223 e. The van der Waals surface area contributed by atoms with Gasteiger partial charge in [-0.2, -0.15) is 0 Å². The van der Waals surface area contributed by atoms with E-state index in [1.165, 1.54) is 0 Å². The maximum absolute atomic E-state index is 8.96. The lowest BCUT2D eigenvalue weighted by Gasteiger charge is -2.21. The molecule has 0 aliphatic heterocycles. The molecule has 0 saturated carbocycles. The van der Waals surface area contributed by atoms with Gasteiger partial charge in [0.2, 0.25) is 5.95 Å². The van der Waals surface area contributed by atoms with Crippen molar-refractivity contribution in [1.82, 2.24) is 9.97 Å². The number of nitrogens with zero attached hydrogens (tertiary/aromatic N) is 2. The van der Waals surface area contributed by atoms with Crippen LogP contribution in [0.4, 0.5) is 5.95 Å². The second kappa shape index (κ2) is 4.78. The fourth-order valence-corrected chi connectivity index (χ4v) is 1.54. The summed E-state index contributed by atoms with van der Waals surface area (Å²) in [5.74, 6) is 0.581. The van der Waals surface area contributed by atoms with E-state index in [0.29, 0.717) is 5.95 Å². The van der Waals surface area contributed by atoms with Crippen LogP contribution in [0.1, 0.15) is 39.0 Å². The van der Waals surface area contributed by atoms with Gasteiger partial charge in [-0.3, -0.25) is 0 Å². The molecule has 0 aromatic carbocycles. The predicted octanol–water partition coefficient (Wildman–Crippen LogP) is 1.88. The third-order valence-electron chi connectivity index (χ3n) is 2.33. The average molecular weight is 223 g/mol. The minimum atomic E-state index is -0.0319. The van der Waals surface area contributed by atoms with Crippen LogP contribution in [0.3, 0.4) is 0 Å². The number of anilines is 1. The van der Waals surface area contributed by atoms with Crippen molar-refractivity contribution in [2.24, 2.45) is 0 Å². The molecule has 90 valence electrons. The van der Waals surface area contributed by atoms with Crippen LogP contribution in [0, 0.1) is 6.92 Å². The highest BCUT2D eigenvalue weighted by Gasteiger charge is 2.19. The summed E-state index contributed by atoms with van der Waals surface area (Å²) in [5.41, 5.74) is 2.14. The van der Waals surface area contributed by atoms with Crippen molar-refractivity contribution in [2.75, 3.05) is 11.9 Å². The van der Waals surface area contributed by atoms with Gasteiger partial charge in [0.15, 0.2) is 0 Å². The summed E-state index contributed by atoms with van der Waals surface area (Å²) >= 11 is 0. The van der Waals surface area contributed by atoms with Gasteiger partial charge in [-0.15, -0.1) is 0 Å². The molecular formula is C12H21N3O. The number of rotatable bonds is 3. The molecule has 1 aromatic rings. The minimum absolute atomic E-state index is 0.00586. The fraction of sp³-hybridized carbons (Fsp3) is 0.667. The Kier molecular flexibility index (Phi) is 3.86. The molecule has 1 atom stereocenters. The minimum Gasteiger partial charge on any atom is -0.394 e. The molecule has 1 aromatic heterocycles. The largest absolute Gasteiger partial charge is 0.394 e. The Hall–Kier alpha value is -1.16. The summed E-state index contributed by atoms with van der Waals surface area (Å²) in [6.45, 7) is 10.4. The molecule has 0 aliphatic rings. The van der Waals surface area contributed by atoms with Crippen LogP contribution >= 0.6 is 0 Å². The van der Waals surface area contributed by atoms with Crippen LogP contribution in [0.2, 0.25) is 0 Å². The van der Waals surface area contributed by atoms with E-state index in [-0.39, 0.29) is 18.1 Å². The molecule has 1 unspecified atom stereocenters. The fourth-order valence-electron chi connectivity index (χ4n) is 1.54. The number of hydrogen-bond acceptors (Lipinski definition) is 4. The molecule has 0 radical (unpaired) electrons. The van der Waals surface area contributed by atoms with Gasteiger partial charge in [-0.1, -0.05) is 20.8 Å². The summed E-state index contributed by atoms with van der Waals surface area (Å²) in [4.78, 5) is 8.71. The lowest BCUT2D eigenvalue weighted by atomic mass is 9.89. The third-order valence-corrected chi connectivity index (χ3v) is 2.33. The highest BCUT2D eigenvalue weighted by Crippen LogP contribution is 2.23. The first-order valence-corrected chi connectivity index (χ1v) is 5.56. The Morgan fingerprint density at radius 1 is 1.44 bits per heavy atom. The second-order valence-corrected chi connectivity index (χ2v) is 5.20. The zero-order valence-electron chi connectivity index (χ0n) is 10.7. The Bertz CT molecular complexity index is 358. The van der Waals surface area contributed by atoms with E-state index >= 15 is 0 Å². The van der Waals surface area contributed by atoms with E-state index < -0.39 is 0 Å². The number of aliphatic hydroxyl groups is 1. The molecule has 1 rings (SSSR count). The highest BCUT2D eigenvalue weighted by molar-refractivity contribution is 5.33. The molecule has 0 amide bonds. The molecule has 4 nitrogen and oxygen atoms in total. The Balaban J connectivity index is 2.99. The number of hydrogen-bond donors (Lipinski definition) is 2. The topological polar surface area (TPSA) is 58.0 Å². The molecular weight excluding hydrogens is 202 g/mol. The van der Waals surface area contributed by atoms with Crippen molar-refractivity contribution in [3.63, 3.8) is 0 Å². The SMILES string of the molecule is Cc1cnc(NC(C)CO)nc1C(C)(C)C. The normalized spacial score (nSPS) is 13.6.